The first-order chi connectivity index (χ1) is 19.6. The first-order valence-electron chi connectivity index (χ1n) is 14.6. The summed E-state index contributed by atoms with van der Waals surface area (Å²) in [5.74, 6) is 2.84. The molecule has 2 aliphatic rings. The van der Waals surface area contributed by atoms with E-state index < -0.39 is 0 Å². The van der Waals surface area contributed by atoms with E-state index in [1.54, 1.807) is 0 Å². The Morgan fingerprint density at radius 2 is 1.45 bits per heavy atom. The van der Waals surface area contributed by atoms with Gasteiger partial charge in [0, 0.05) is 22.2 Å². The topological polar surface area (TPSA) is 69.5 Å². The van der Waals surface area contributed by atoms with Gasteiger partial charge in [0.05, 0.1) is 12.4 Å². The van der Waals surface area contributed by atoms with Crippen LogP contribution in [0.25, 0.3) is 5.69 Å². The summed E-state index contributed by atoms with van der Waals surface area (Å²) < 4.78 is 14.7. The zero-order valence-corrected chi connectivity index (χ0v) is 25.7. The number of carbonyl (C=O) groups excluding carboxylic acids is 1. The zero-order chi connectivity index (χ0) is 27.7. The average molecular weight is 628 g/mol. The number of halogens is 1. The lowest BCUT2D eigenvalue weighted by molar-refractivity contribution is -0.135. The molecule has 0 unspecified atom stereocenters. The minimum atomic E-state index is 0.234. The number of rotatable bonds is 11. The van der Waals surface area contributed by atoms with Gasteiger partial charge in [-0.1, -0.05) is 66.2 Å². The molecule has 0 saturated heterocycles. The van der Waals surface area contributed by atoms with Crippen LogP contribution in [0.4, 0.5) is 0 Å². The van der Waals surface area contributed by atoms with Gasteiger partial charge in [0.1, 0.15) is 18.1 Å². The normalized spacial score (nSPS) is 16.6. The van der Waals surface area contributed by atoms with Crippen molar-refractivity contribution < 1.29 is 14.3 Å². The molecule has 0 N–H and O–H groups in total. The standard InChI is InChI=1S/C31H39BrN4O3S/c1-2-38-27-19-15-26(16-20-27)36-29(21-39-28-17-13-23(32)14-18-28)33-34-31(36)40-22-30(37)35(24-9-5-3-6-10-24)25-11-7-4-8-12-25/h13-20,24-25H,2-12,21-22H2,1H3. The van der Waals surface area contributed by atoms with Crippen LogP contribution in [0.5, 0.6) is 11.5 Å². The summed E-state index contributed by atoms with van der Waals surface area (Å²) >= 11 is 4.94. The summed E-state index contributed by atoms with van der Waals surface area (Å²) in [7, 11) is 0. The number of nitrogens with zero attached hydrogens (tertiary/aromatic N) is 4. The van der Waals surface area contributed by atoms with E-state index in [1.165, 1.54) is 50.3 Å². The van der Waals surface area contributed by atoms with Crippen LogP contribution in [0.1, 0.15) is 77.0 Å². The molecule has 1 heterocycles. The van der Waals surface area contributed by atoms with Crippen LogP contribution in [0.2, 0.25) is 0 Å². The number of aromatic nitrogens is 3. The summed E-state index contributed by atoms with van der Waals surface area (Å²) in [6, 6.07) is 16.4. The lowest BCUT2D eigenvalue weighted by atomic mass is 9.88. The Bertz CT molecular complexity index is 1200. The van der Waals surface area contributed by atoms with Gasteiger partial charge in [-0.05, 0) is 81.1 Å². The zero-order valence-electron chi connectivity index (χ0n) is 23.3. The molecule has 2 saturated carbocycles. The molecule has 5 rings (SSSR count). The number of hydrogen-bond donors (Lipinski definition) is 0. The Labute approximate surface area is 250 Å². The average Bonchev–Trinajstić information content (AvgIpc) is 3.40. The number of benzene rings is 2. The van der Waals surface area contributed by atoms with Crippen molar-refractivity contribution in [2.75, 3.05) is 12.4 Å². The van der Waals surface area contributed by atoms with Crippen molar-refractivity contribution in [2.24, 2.45) is 0 Å². The number of ether oxygens (including phenoxy) is 2. The predicted molar refractivity (Wildman–Crippen MR) is 162 cm³/mol. The summed E-state index contributed by atoms with van der Waals surface area (Å²) in [5, 5.41) is 9.70. The number of carbonyl (C=O) groups is 1. The van der Waals surface area contributed by atoms with Crippen molar-refractivity contribution in [3.05, 3.63) is 58.8 Å². The van der Waals surface area contributed by atoms with E-state index in [2.05, 4.69) is 31.0 Å². The highest BCUT2D eigenvalue weighted by Crippen LogP contribution is 2.32. The highest BCUT2D eigenvalue weighted by Gasteiger charge is 2.32. The van der Waals surface area contributed by atoms with E-state index >= 15 is 0 Å². The van der Waals surface area contributed by atoms with E-state index in [-0.39, 0.29) is 12.5 Å². The lowest BCUT2D eigenvalue weighted by Gasteiger charge is -2.41. The third-order valence-electron chi connectivity index (χ3n) is 7.84. The third-order valence-corrected chi connectivity index (χ3v) is 9.28. The quantitative estimate of drug-likeness (QED) is 0.204. The largest absolute Gasteiger partial charge is 0.494 e. The summed E-state index contributed by atoms with van der Waals surface area (Å²) in [6.45, 7) is 2.84. The first kappa shape index (κ1) is 29.0. The Morgan fingerprint density at radius 1 is 0.875 bits per heavy atom. The minimum Gasteiger partial charge on any atom is -0.494 e. The van der Waals surface area contributed by atoms with Crippen LogP contribution < -0.4 is 9.47 Å². The Kier molecular flexibility index (Phi) is 10.4. The summed E-state index contributed by atoms with van der Waals surface area (Å²) in [5.41, 5.74) is 0.911. The van der Waals surface area contributed by atoms with Gasteiger partial charge in [-0.15, -0.1) is 10.2 Å². The van der Waals surface area contributed by atoms with Gasteiger partial charge < -0.3 is 14.4 Å². The molecular formula is C31H39BrN4O3S. The fourth-order valence-corrected chi connectivity index (χ4v) is 7.01. The Morgan fingerprint density at radius 3 is 2.05 bits per heavy atom. The molecule has 0 spiro atoms. The van der Waals surface area contributed by atoms with Crippen LogP contribution in [-0.2, 0) is 11.4 Å². The smallest absolute Gasteiger partial charge is 0.233 e. The molecule has 0 aliphatic heterocycles. The van der Waals surface area contributed by atoms with Crippen LogP contribution in [0.15, 0.2) is 58.2 Å². The van der Waals surface area contributed by atoms with Crippen molar-refractivity contribution >= 4 is 33.6 Å². The van der Waals surface area contributed by atoms with Crippen LogP contribution >= 0.6 is 27.7 Å². The highest BCUT2D eigenvalue weighted by atomic mass is 79.9. The van der Waals surface area contributed by atoms with E-state index in [0.29, 0.717) is 35.4 Å². The predicted octanol–water partition coefficient (Wildman–Crippen LogP) is 7.59. The van der Waals surface area contributed by atoms with Gasteiger partial charge >= 0.3 is 0 Å². The second kappa shape index (κ2) is 14.4. The molecule has 3 aromatic rings. The molecule has 0 radical (unpaired) electrons. The molecule has 1 aromatic heterocycles. The van der Waals surface area contributed by atoms with Gasteiger partial charge in [-0.25, -0.2) is 0 Å². The SMILES string of the molecule is CCOc1ccc(-n2c(COc3ccc(Br)cc3)nnc2SCC(=O)N(C2CCCCC2)C2CCCCC2)cc1. The molecule has 2 aliphatic carbocycles. The number of hydrogen-bond acceptors (Lipinski definition) is 6. The molecule has 214 valence electrons. The van der Waals surface area contributed by atoms with Crippen LogP contribution in [-0.4, -0.2) is 50.0 Å². The highest BCUT2D eigenvalue weighted by molar-refractivity contribution is 9.10. The second-order valence-electron chi connectivity index (χ2n) is 10.6. The molecule has 1 amide bonds. The number of thioether (sulfide) groups is 1. The molecule has 40 heavy (non-hydrogen) atoms. The maximum absolute atomic E-state index is 13.8. The summed E-state index contributed by atoms with van der Waals surface area (Å²) in [4.78, 5) is 16.1. The van der Waals surface area contributed by atoms with Crippen molar-refractivity contribution in [1.82, 2.24) is 19.7 Å². The molecule has 2 aromatic carbocycles. The minimum absolute atomic E-state index is 0.234. The van der Waals surface area contributed by atoms with Gasteiger partial charge in [-0.3, -0.25) is 9.36 Å². The van der Waals surface area contributed by atoms with E-state index in [1.807, 2.05) is 60.0 Å². The maximum atomic E-state index is 13.8. The van der Waals surface area contributed by atoms with Crippen molar-refractivity contribution in [3.8, 4) is 17.2 Å². The van der Waals surface area contributed by atoms with E-state index in [9.17, 15) is 4.79 Å². The molecule has 0 bridgehead atoms. The molecular weight excluding hydrogens is 588 g/mol. The third kappa shape index (κ3) is 7.40. The van der Waals surface area contributed by atoms with Gasteiger partial charge in [0.15, 0.2) is 11.0 Å². The van der Waals surface area contributed by atoms with E-state index in [4.69, 9.17) is 9.47 Å². The molecule has 9 heteroatoms. The van der Waals surface area contributed by atoms with Gasteiger partial charge in [-0.2, -0.15) is 0 Å². The molecule has 2 fully saturated rings. The van der Waals surface area contributed by atoms with Crippen LogP contribution in [0, 0.1) is 0 Å². The Balaban J connectivity index is 1.35. The summed E-state index contributed by atoms with van der Waals surface area (Å²) in [6.07, 6.45) is 12.0. The molecule has 0 atom stereocenters. The molecule has 7 nitrogen and oxygen atoms in total. The van der Waals surface area contributed by atoms with Crippen molar-refractivity contribution in [1.29, 1.82) is 0 Å². The van der Waals surface area contributed by atoms with Crippen LogP contribution in [0.3, 0.4) is 0 Å². The lowest BCUT2D eigenvalue weighted by Crippen LogP contribution is -2.49. The van der Waals surface area contributed by atoms with Gasteiger partial charge in [0.25, 0.3) is 0 Å². The first-order valence-corrected chi connectivity index (χ1v) is 16.4. The number of amides is 1. The van der Waals surface area contributed by atoms with E-state index in [0.717, 1.165) is 47.3 Å². The fraction of sp³-hybridized carbons (Fsp3) is 0.516. The van der Waals surface area contributed by atoms with Crippen molar-refractivity contribution in [3.63, 3.8) is 0 Å². The Hall–Kier alpha value is -2.52. The van der Waals surface area contributed by atoms with Gasteiger partial charge in [0.2, 0.25) is 5.91 Å². The van der Waals surface area contributed by atoms with Crippen molar-refractivity contribution in [2.45, 2.75) is 95.0 Å². The maximum Gasteiger partial charge on any atom is 0.233 e. The second-order valence-corrected chi connectivity index (χ2v) is 12.4. The fourth-order valence-electron chi connectivity index (χ4n) is 5.91. The monoisotopic (exact) mass is 626 g/mol.